The highest BCUT2D eigenvalue weighted by atomic mass is 32.2. The van der Waals surface area contributed by atoms with Crippen molar-refractivity contribution in [3.8, 4) is 11.4 Å². The van der Waals surface area contributed by atoms with Gasteiger partial charge in [-0.3, -0.25) is 14.2 Å². The van der Waals surface area contributed by atoms with Crippen LogP contribution in [0.25, 0.3) is 16.6 Å². The van der Waals surface area contributed by atoms with Crippen LogP contribution in [-0.4, -0.2) is 33.9 Å². The molecule has 1 unspecified atom stereocenters. The fraction of sp³-hybridized carbons (Fsp3) is 0.318. The van der Waals surface area contributed by atoms with E-state index in [0.29, 0.717) is 28.4 Å². The third-order valence-electron chi connectivity index (χ3n) is 4.50. The summed E-state index contributed by atoms with van der Waals surface area (Å²) in [5.41, 5.74) is 1.13. The molecule has 6 nitrogen and oxygen atoms in total. The average Bonchev–Trinajstić information content (AvgIpc) is 2.73. The summed E-state index contributed by atoms with van der Waals surface area (Å²) in [4.78, 5) is 30.1. The Labute approximate surface area is 174 Å². The smallest absolute Gasteiger partial charge is 0.266 e. The first-order valence-electron chi connectivity index (χ1n) is 9.70. The molecule has 2 aromatic carbocycles. The van der Waals surface area contributed by atoms with E-state index in [4.69, 9.17) is 4.74 Å². The van der Waals surface area contributed by atoms with E-state index in [1.807, 2.05) is 63.2 Å². The van der Waals surface area contributed by atoms with Gasteiger partial charge in [-0.05, 0) is 56.7 Å². The van der Waals surface area contributed by atoms with E-state index in [1.165, 1.54) is 11.8 Å². The molecule has 3 rings (SSSR count). The SMILES string of the molecule is CCOc1ccc(-n2c(SCC(=O)NC(C)CC)nc3ccccc3c2=O)cc1. The van der Waals surface area contributed by atoms with Gasteiger partial charge in [-0.25, -0.2) is 4.98 Å². The van der Waals surface area contributed by atoms with Gasteiger partial charge in [-0.2, -0.15) is 0 Å². The third kappa shape index (κ3) is 4.98. The zero-order valence-electron chi connectivity index (χ0n) is 16.8. The molecule has 0 aliphatic heterocycles. The molecule has 0 saturated carbocycles. The zero-order valence-corrected chi connectivity index (χ0v) is 17.7. The van der Waals surface area contributed by atoms with E-state index in [1.54, 1.807) is 10.6 Å². The van der Waals surface area contributed by atoms with Crippen molar-refractivity contribution in [1.29, 1.82) is 0 Å². The second-order valence-electron chi connectivity index (χ2n) is 6.64. The van der Waals surface area contributed by atoms with Crippen LogP contribution in [0, 0.1) is 0 Å². The molecule has 1 N–H and O–H groups in total. The standard InChI is InChI=1S/C22H25N3O3S/c1-4-15(3)23-20(26)14-29-22-24-19-9-7-6-8-18(19)21(27)25(22)16-10-12-17(13-11-16)28-5-2/h6-13,15H,4-5,14H2,1-3H3,(H,23,26). The lowest BCUT2D eigenvalue weighted by Gasteiger charge is -2.15. The third-order valence-corrected chi connectivity index (χ3v) is 5.44. The Balaban J connectivity index is 1.99. The lowest BCUT2D eigenvalue weighted by atomic mass is 10.2. The van der Waals surface area contributed by atoms with Crippen LogP contribution >= 0.6 is 11.8 Å². The minimum atomic E-state index is -0.162. The van der Waals surface area contributed by atoms with Gasteiger partial charge >= 0.3 is 0 Å². The van der Waals surface area contributed by atoms with Gasteiger partial charge in [0.2, 0.25) is 5.91 Å². The Bertz CT molecular complexity index is 1050. The van der Waals surface area contributed by atoms with Crippen LogP contribution in [0.1, 0.15) is 27.2 Å². The van der Waals surface area contributed by atoms with Crippen molar-refractivity contribution in [1.82, 2.24) is 14.9 Å². The molecule has 0 spiro atoms. The van der Waals surface area contributed by atoms with Gasteiger partial charge in [0.15, 0.2) is 5.16 Å². The maximum absolute atomic E-state index is 13.2. The molecule has 1 aromatic heterocycles. The molecule has 1 amide bonds. The number of amides is 1. The predicted molar refractivity (Wildman–Crippen MR) is 117 cm³/mol. The Hall–Kier alpha value is -2.80. The molecule has 0 aliphatic rings. The van der Waals surface area contributed by atoms with Crippen molar-refractivity contribution in [2.24, 2.45) is 0 Å². The van der Waals surface area contributed by atoms with Crippen LogP contribution in [0.5, 0.6) is 5.75 Å². The number of para-hydroxylation sites is 1. The molecule has 1 atom stereocenters. The number of nitrogens with one attached hydrogen (secondary N) is 1. The Morgan fingerprint density at radius 2 is 1.90 bits per heavy atom. The van der Waals surface area contributed by atoms with Crippen LogP contribution in [0.4, 0.5) is 0 Å². The summed E-state index contributed by atoms with van der Waals surface area (Å²) in [6.45, 7) is 6.48. The minimum absolute atomic E-state index is 0.0787. The molecule has 29 heavy (non-hydrogen) atoms. The molecule has 0 radical (unpaired) electrons. The largest absolute Gasteiger partial charge is 0.494 e. The number of carbonyl (C=O) groups is 1. The van der Waals surface area contributed by atoms with E-state index < -0.39 is 0 Å². The first-order chi connectivity index (χ1) is 14.0. The number of benzene rings is 2. The number of aromatic nitrogens is 2. The number of fused-ring (bicyclic) bond motifs is 1. The van der Waals surface area contributed by atoms with Gasteiger partial charge in [0.1, 0.15) is 5.75 Å². The molecular formula is C22H25N3O3S. The number of carbonyl (C=O) groups excluding carboxylic acids is 1. The molecule has 0 bridgehead atoms. The normalized spacial score (nSPS) is 12.0. The van der Waals surface area contributed by atoms with Gasteiger partial charge in [-0.1, -0.05) is 30.8 Å². The van der Waals surface area contributed by atoms with Crippen LogP contribution in [0.3, 0.4) is 0 Å². The van der Waals surface area contributed by atoms with E-state index in [0.717, 1.165) is 12.2 Å². The summed E-state index contributed by atoms with van der Waals surface area (Å²) in [6.07, 6.45) is 0.863. The molecule has 1 heterocycles. The predicted octanol–water partition coefficient (Wildman–Crippen LogP) is 3.79. The highest BCUT2D eigenvalue weighted by Crippen LogP contribution is 2.23. The Morgan fingerprint density at radius 1 is 1.17 bits per heavy atom. The topological polar surface area (TPSA) is 73.2 Å². The van der Waals surface area contributed by atoms with Gasteiger partial charge in [-0.15, -0.1) is 0 Å². The molecule has 3 aromatic rings. The highest BCUT2D eigenvalue weighted by molar-refractivity contribution is 7.99. The molecule has 7 heteroatoms. The second kappa shape index (κ2) is 9.60. The van der Waals surface area contributed by atoms with Crippen molar-refractivity contribution in [3.63, 3.8) is 0 Å². The molecule has 0 aliphatic carbocycles. The summed E-state index contributed by atoms with van der Waals surface area (Å²) in [7, 11) is 0. The Kier molecular flexibility index (Phi) is 6.93. The van der Waals surface area contributed by atoms with Gasteiger partial charge < -0.3 is 10.1 Å². The molecular weight excluding hydrogens is 386 g/mol. The number of hydrogen-bond donors (Lipinski definition) is 1. The first kappa shape index (κ1) is 20.9. The van der Waals surface area contributed by atoms with Crippen LogP contribution in [0.15, 0.2) is 58.5 Å². The van der Waals surface area contributed by atoms with E-state index in [9.17, 15) is 9.59 Å². The maximum atomic E-state index is 13.2. The number of rotatable bonds is 8. The van der Waals surface area contributed by atoms with Gasteiger partial charge in [0.05, 0.1) is 29.0 Å². The van der Waals surface area contributed by atoms with E-state index >= 15 is 0 Å². The quantitative estimate of drug-likeness (QED) is 0.451. The van der Waals surface area contributed by atoms with E-state index in [-0.39, 0.29) is 23.3 Å². The minimum Gasteiger partial charge on any atom is -0.494 e. The number of thioether (sulfide) groups is 1. The second-order valence-corrected chi connectivity index (χ2v) is 7.59. The van der Waals surface area contributed by atoms with Crippen LogP contribution in [-0.2, 0) is 4.79 Å². The summed E-state index contributed by atoms with van der Waals surface area (Å²) < 4.78 is 7.05. The number of ether oxygens (including phenoxy) is 1. The lowest BCUT2D eigenvalue weighted by Crippen LogP contribution is -2.33. The fourth-order valence-electron chi connectivity index (χ4n) is 2.84. The maximum Gasteiger partial charge on any atom is 0.266 e. The summed E-state index contributed by atoms with van der Waals surface area (Å²) >= 11 is 1.25. The molecule has 0 fully saturated rings. The average molecular weight is 412 g/mol. The first-order valence-corrected chi connectivity index (χ1v) is 10.7. The number of hydrogen-bond acceptors (Lipinski definition) is 5. The van der Waals surface area contributed by atoms with Crippen molar-refractivity contribution in [2.75, 3.05) is 12.4 Å². The van der Waals surface area contributed by atoms with Crippen molar-refractivity contribution < 1.29 is 9.53 Å². The molecule has 0 saturated heterocycles. The van der Waals surface area contributed by atoms with Crippen molar-refractivity contribution >= 4 is 28.6 Å². The van der Waals surface area contributed by atoms with Crippen LogP contribution in [0.2, 0.25) is 0 Å². The lowest BCUT2D eigenvalue weighted by molar-refractivity contribution is -0.119. The highest BCUT2D eigenvalue weighted by Gasteiger charge is 2.15. The summed E-state index contributed by atoms with van der Waals surface area (Å²) in [5.74, 6) is 0.844. The summed E-state index contributed by atoms with van der Waals surface area (Å²) in [5, 5.41) is 3.96. The molecule has 152 valence electrons. The fourth-order valence-corrected chi connectivity index (χ4v) is 3.67. The zero-order chi connectivity index (χ0) is 20.8. The van der Waals surface area contributed by atoms with Gasteiger partial charge in [0.25, 0.3) is 5.56 Å². The van der Waals surface area contributed by atoms with Gasteiger partial charge in [0, 0.05) is 6.04 Å². The Morgan fingerprint density at radius 3 is 2.59 bits per heavy atom. The van der Waals surface area contributed by atoms with Crippen LogP contribution < -0.4 is 15.6 Å². The summed E-state index contributed by atoms with van der Waals surface area (Å²) in [6, 6.07) is 14.6. The van der Waals surface area contributed by atoms with E-state index in [2.05, 4.69) is 10.3 Å². The number of nitrogens with zero attached hydrogens (tertiary/aromatic N) is 2. The van der Waals surface area contributed by atoms with Crippen molar-refractivity contribution in [2.45, 2.75) is 38.4 Å². The van der Waals surface area contributed by atoms with Crippen molar-refractivity contribution in [3.05, 3.63) is 58.9 Å². The monoisotopic (exact) mass is 411 g/mol.